The summed E-state index contributed by atoms with van der Waals surface area (Å²) < 4.78 is 0. The summed E-state index contributed by atoms with van der Waals surface area (Å²) in [5.41, 5.74) is 15.8. The minimum absolute atomic E-state index is 0.0278. The van der Waals surface area contributed by atoms with E-state index in [-0.39, 0.29) is 5.41 Å². The highest BCUT2D eigenvalue weighted by molar-refractivity contribution is 6.38. The van der Waals surface area contributed by atoms with Gasteiger partial charge in [-0.3, -0.25) is 0 Å². The molecule has 0 saturated heterocycles. The van der Waals surface area contributed by atoms with Crippen LogP contribution in [-0.4, -0.2) is 0 Å². The fourth-order valence-corrected chi connectivity index (χ4v) is 10.4. The summed E-state index contributed by atoms with van der Waals surface area (Å²) in [6.45, 7) is 6.87. The maximum Gasteiger partial charge on any atom is 0.0491 e. The topological polar surface area (TPSA) is 0 Å². The van der Waals surface area contributed by atoms with E-state index < -0.39 is 0 Å². The molecule has 0 spiro atoms. The van der Waals surface area contributed by atoms with Crippen LogP contribution in [0.5, 0.6) is 0 Å². The molecular weight excluding hydrogens is 732 g/mol. The van der Waals surface area contributed by atoms with Crippen LogP contribution in [0.15, 0.2) is 182 Å². The number of rotatable bonds is 4. The van der Waals surface area contributed by atoms with Crippen LogP contribution in [0.3, 0.4) is 0 Å². The van der Waals surface area contributed by atoms with E-state index in [0.717, 1.165) is 21.5 Å². The maximum atomic E-state index is 7.71. The second kappa shape index (κ2) is 12.6. The van der Waals surface area contributed by atoms with Gasteiger partial charge in [-0.05, 0) is 150 Å². The minimum Gasteiger partial charge on any atom is -0.0836 e. The Hall–Kier alpha value is -6.73. The zero-order valence-corrected chi connectivity index (χ0v) is 34.0. The highest BCUT2D eigenvalue weighted by Gasteiger charge is 2.33. The Morgan fingerprint density at radius 2 is 0.898 bits per heavy atom. The maximum absolute atomic E-state index is 7.71. The number of hydrogen-bond donors (Lipinski definition) is 0. The highest BCUT2D eigenvalue weighted by atomic mass is 35.5. The molecule has 0 N–H and O–H groups in total. The van der Waals surface area contributed by atoms with Crippen LogP contribution in [0.1, 0.15) is 26.3 Å². The lowest BCUT2D eigenvalue weighted by molar-refractivity contribution is 0.590. The third-order valence-electron chi connectivity index (χ3n) is 12.9. The SMILES string of the molecule is CC(C)(C)c1ccc(-c2cc3c(-c4ccccc4)c4c(c(-c5ccccc5)c3cc2Cl)-c2ccc3ccc5cccc6cc-4c2c3c56)c(-c2ccc3ccccc3c2)c1. The molecule has 1 aliphatic rings. The van der Waals surface area contributed by atoms with Crippen molar-refractivity contribution in [1.82, 2.24) is 0 Å². The Labute approximate surface area is 349 Å². The average molecular weight is 771 g/mol. The number of benzene rings is 11. The van der Waals surface area contributed by atoms with Crippen molar-refractivity contribution in [3.8, 4) is 66.8 Å². The van der Waals surface area contributed by atoms with Gasteiger partial charge in [0.2, 0.25) is 0 Å². The molecule has 278 valence electrons. The molecule has 1 heteroatoms. The van der Waals surface area contributed by atoms with Crippen LogP contribution < -0.4 is 0 Å². The predicted octanol–water partition coefficient (Wildman–Crippen LogP) is 17.2. The highest BCUT2D eigenvalue weighted by Crippen LogP contribution is 2.60. The second-order valence-corrected chi connectivity index (χ2v) is 17.7. The Bertz CT molecular complexity index is 3510. The summed E-state index contributed by atoms with van der Waals surface area (Å²) >= 11 is 7.71. The third-order valence-corrected chi connectivity index (χ3v) is 13.2. The van der Waals surface area contributed by atoms with E-state index in [9.17, 15) is 0 Å². The van der Waals surface area contributed by atoms with Crippen LogP contribution in [0, 0.1) is 0 Å². The van der Waals surface area contributed by atoms with Crippen molar-refractivity contribution in [2.24, 2.45) is 0 Å². The Balaban J connectivity index is 1.24. The quantitative estimate of drug-likeness (QED) is 0.156. The summed E-state index contributed by atoms with van der Waals surface area (Å²) in [6.07, 6.45) is 0. The molecule has 11 aromatic carbocycles. The Morgan fingerprint density at radius 1 is 0.322 bits per heavy atom. The molecule has 0 amide bonds. The van der Waals surface area contributed by atoms with Crippen molar-refractivity contribution in [3.63, 3.8) is 0 Å². The smallest absolute Gasteiger partial charge is 0.0491 e. The Kier molecular flexibility index (Phi) is 7.35. The lowest BCUT2D eigenvalue weighted by Gasteiger charge is -2.24. The molecule has 0 heterocycles. The normalized spacial score (nSPS) is 12.4. The van der Waals surface area contributed by atoms with E-state index >= 15 is 0 Å². The molecule has 11 aromatic rings. The molecule has 0 aliphatic heterocycles. The molecule has 1 aliphatic carbocycles. The van der Waals surface area contributed by atoms with E-state index in [1.54, 1.807) is 0 Å². The molecular formula is C58H39Cl. The predicted molar refractivity (Wildman–Crippen MR) is 255 cm³/mol. The largest absolute Gasteiger partial charge is 0.0836 e. The zero-order valence-electron chi connectivity index (χ0n) is 33.2. The van der Waals surface area contributed by atoms with Crippen LogP contribution in [0.2, 0.25) is 5.02 Å². The third kappa shape index (κ3) is 5.10. The molecule has 0 radical (unpaired) electrons. The van der Waals surface area contributed by atoms with Crippen LogP contribution in [0.25, 0.3) is 121 Å². The van der Waals surface area contributed by atoms with Gasteiger partial charge in [-0.2, -0.15) is 0 Å². The van der Waals surface area contributed by atoms with Crippen molar-refractivity contribution in [3.05, 3.63) is 193 Å². The number of fused-ring (bicyclic) bond motifs is 5. The van der Waals surface area contributed by atoms with Crippen molar-refractivity contribution >= 4 is 65.5 Å². The molecule has 0 atom stereocenters. The van der Waals surface area contributed by atoms with Gasteiger partial charge in [-0.25, -0.2) is 0 Å². The average Bonchev–Trinajstić information content (AvgIpc) is 3.59. The summed E-state index contributed by atoms with van der Waals surface area (Å²) in [4.78, 5) is 0. The standard InChI is InChI=1S/C58H39Cl/c1-58(2,3)42-26-28-43(45(31-42)40-24-21-34-13-10-11-18-39(34)29-40)46-32-47-48(33-50(46)59)53(36-16-8-5-9-17-36)56-44-27-25-38-23-22-37-19-12-20-41-30-49(55(44)54(38)51(37)41)57(56)52(47)35-14-6-4-7-15-35/h4-33H,1-3H3. The van der Waals surface area contributed by atoms with Gasteiger partial charge in [0.15, 0.2) is 0 Å². The first-order valence-corrected chi connectivity index (χ1v) is 21.0. The first kappa shape index (κ1) is 34.3. The van der Waals surface area contributed by atoms with E-state index in [2.05, 4.69) is 203 Å². The fraction of sp³-hybridized carbons (Fsp3) is 0.0690. The first-order chi connectivity index (χ1) is 28.8. The number of halogens is 1. The summed E-state index contributed by atoms with van der Waals surface area (Å²) in [7, 11) is 0. The second-order valence-electron chi connectivity index (χ2n) is 17.3. The summed E-state index contributed by atoms with van der Waals surface area (Å²) in [5.74, 6) is 0. The van der Waals surface area contributed by atoms with E-state index in [1.165, 1.54) is 110 Å². The molecule has 0 fully saturated rings. The van der Waals surface area contributed by atoms with Gasteiger partial charge in [-0.15, -0.1) is 0 Å². The van der Waals surface area contributed by atoms with Crippen molar-refractivity contribution < 1.29 is 0 Å². The molecule has 59 heavy (non-hydrogen) atoms. The van der Waals surface area contributed by atoms with Crippen LogP contribution in [-0.2, 0) is 5.41 Å². The van der Waals surface area contributed by atoms with Crippen molar-refractivity contribution in [1.29, 1.82) is 0 Å². The fourth-order valence-electron chi connectivity index (χ4n) is 10.2. The van der Waals surface area contributed by atoms with Gasteiger partial charge < -0.3 is 0 Å². The lowest BCUT2D eigenvalue weighted by Crippen LogP contribution is -2.11. The monoisotopic (exact) mass is 770 g/mol. The van der Waals surface area contributed by atoms with E-state index in [4.69, 9.17) is 11.6 Å². The van der Waals surface area contributed by atoms with Gasteiger partial charge in [0.05, 0.1) is 0 Å². The van der Waals surface area contributed by atoms with Gasteiger partial charge in [0.1, 0.15) is 0 Å². The van der Waals surface area contributed by atoms with Crippen molar-refractivity contribution in [2.75, 3.05) is 0 Å². The number of hydrogen-bond acceptors (Lipinski definition) is 0. The first-order valence-electron chi connectivity index (χ1n) is 20.6. The van der Waals surface area contributed by atoms with Crippen LogP contribution in [0.4, 0.5) is 0 Å². The zero-order chi connectivity index (χ0) is 39.6. The van der Waals surface area contributed by atoms with E-state index in [0.29, 0.717) is 0 Å². The van der Waals surface area contributed by atoms with Gasteiger partial charge in [-0.1, -0.05) is 190 Å². The Morgan fingerprint density at radius 3 is 1.63 bits per heavy atom. The van der Waals surface area contributed by atoms with Crippen LogP contribution >= 0.6 is 11.6 Å². The lowest BCUT2D eigenvalue weighted by atomic mass is 9.80. The molecule has 0 bridgehead atoms. The molecule has 0 saturated carbocycles. The minimum atomic E-state index is -0.0278. The van der Waals surface area contributed by atoms with E-state index in [1.807, 2.05) is 0 Å². The van der Waals surface area contributed by atoms with Crippen molar-refractivity contribution in [2.45, 2.75) is 26.2 Å². The van der Waals surface area contributed by atoms with Gasteiger partial charge in [0, 0.05) is 10.6 Å². The summed E-state index contributed by atoms with van der Waals surface area (Å²) in [5, 5.41) is 13.4. The summed E-state index contributed by atoms with van der Waals surface area (Å²) in [6, 6.07) is 67.6. The molecule has 0 aromatic heterocycles. The van der Waals surface area contributed by atoms with Gasteiger partial charge in [0.25, 0.3) is 0 Å². The molecule has 0 nitrogen and oxygen atoms in total. The molecule has 0 unspecified atom stereocenters. The van der Waals surface area contributed by atoms with Gasteiger partial charge >= 0.3 is 0 Å². The molecule has 12 rings (SSSR count).